The third-order valence-electron chi connectivity index (χ3n) is 2.53. The van der Waals surface area contributed by atoms with E-state index in [1.165, 1.54) is 37.4 Å². The first kappa shape index (κ1) is 15.2. The van der Waals surface area contributed by atoms with E-state index in [4.69, 9.17) is 11.6 Å². The number of hydrogen-bond donors (Lipinski definition) is 2. The Labute approximate surface area is 126 Å². The summed E-state index contributed by atoms with van der Waals surface area (Å²) < 4.78 is 26.6. The summed E-state index contributed by atoms with van der Waals surface area (Å²) in [5, 5.41) is 2.57. The van der Waals surface area contributed by atoms with Crippen LogP contribution in [0, 0.1) is 0 Å². The lowest BCUT2D eigenvalue weighted by Gasteiger charge is -2.07. The molecule has 21 heavy (non-hydrogen) atoms. The number of benzene rings is 1. The number of carbonyl (C=O) groups excluding carboxylic acids is 1. The van der Waals surface area contributed by atoms with Gasteiger partial charge in [-0.05, 0) is 24.3 Å². The minimum Gasteiger partial charge on any atom is -0.355 e. The third kappa shape index (κ3) is 3.67. The maximum absolute atomic E-state index is 12.1. The molecule has 2 N–H and O–H groups in total. The number of nitrogens with one attached hydrogen (secondary N) is 2. The van der Waals surface area contributed by atoms with Crippen molar-refractivity contribution in [1.82, 2.24) is 15.3 Å². The topological polar surface area (TPSA) is 101 Å². The molecule has 0 radical (unpaired) electrons. The minimum absolute atomic E-state index is 0.00453. The smallest absolute Gasteiger partial charge is 0.263 e. The van der Waals surface area contributed by atoms with Crippen LogP contribution in [0.4, 0.5) is 5.82 Å². The molecule has 0 atom stereocenters. The highest BCUT2D eigenvalue weighted by Gasteiger charge is 2.15. The maximum atomic E-state index is 12.1. The number of anilines is 1. The molecule has 1 aromatic heterocycles. The first-order valence-corrected chi connectivity index (χ1v) is 7.61. The Balaban J connectivity index is 2.25. The fraction of sp³-hybridized carbons (Fsp3) is 0.0833. The second-order valence-electron chi connectivity index (χ2n) is 3.93. The van der Waals surface area contributed by atoms with Crippen molar-refractivity contribution in [2.75, 3.05) is 11.8 Å². The van der Waals surface area contributed by atoms with Gasteiger partial charge in [-0.3, -0.25) is 9.52 Å². The molecule has 0 spiro atoms. The lowest BCUT2D eigenvalue weighted by Crippen LogP contribution is -2.18. The summed E-state index contributed by atoms with van der Waals surface area (Å²) in [5.41, 5.74) is 0.363. The first-order chi connectivity index (χ1) is 9.92. The van der Waals surface area contributed by atoms with Crippen LogP contribution in [0.25, 0.3) is 0 Å². The molecule has 2 rings (SSSR count). The fourth-order valence-electron chi connectivity index (χ4n) is 1.52. The number of carbonyl (C=O) groups is 1. The van der Waals surface area contributed by atoms with Gasteiger partial charge in [0.25, 0.3) is 15.9 Å². The van der Waals surface area contributed by atoms with Gasteiger partial charge < -0.3 is 5.32 Å². The molecule has 1 amide bonds. The molecule has 0 bridgehead atoms. The van der Waals surface area contributed by atoms with E-state index in [9.17, 15) is 13.2 Å². The molecule has 0 unspecified atom stereocenters. The second kappa shape index (κ2) is 6.06. The van der Waals surface area contributed by atoms with E-state index in [1.54, 1.807) is 0 Å². The average molecular weight is 327 g/mol. The molecule has 7 nitrogen and oxygen atoms in total. The Morgan fingerprint density at radius 3 is 2.43 bits per heavy atom. The van der Waals surface area contributed by atoms with Gasteiger partial charge in [-0.2, -0.15) is 0 Å². The van der Waals surface area contributed by atoms with Crippen molar-refractivity contribution in [3.8, 4) is 0 Å². The summed E-state index contributed by atoms with van der Waals surface area (Å²) in [6.45, 7) is 0. The molecule has 110 valence electrons. The van der Waals surface area contributed by atoms with Gasteiger partial charge in [0, 0.05) is 18.7 Å². The number of sulfonamides is 1. The highest BCUT2D eigenvalue weighted by molar-refractivity contribution is 7.92. The molecule has 0 saturated heterocycles. The van der Waals surface area contributed by atoms with Crippen molar-refractivity contribution >= 4 is 33.3 Å². The van der Waals surface area contributed by atoms with E-state index in [1.807, 2.05) is 0 Å². The molecule has 0 fully saturated rings. The van der Waals surface area contributed by atoms with Crippen LogP contribution in [0.15, 0.2) is 41.6 Å². The van der Waals surface area contributed by atoms with E-state index in [-0.39, 0.29) is 21.8 Å². The molecular formula is C12H11ClN4O3S. The molecule has 0 aliphatic carbocycles. The van der Waals surface area contributed by atoms with E-state index >= 15 is 0 Å². The molecule has 1 heterocycles. The molecule has 1 aromatic carbocycles. The molecule has 2 aromatic rings. The van der Waals surface area contributed by atoms with Crippen LogP contribution in [-0.2, 0) is 10.0 Å². The quantitative estimate of drug-likeness (QED) is 0.824. The number of aromatic nitrogens is 2. The van der Waals surface area contributed by atoms with Crippen LogP contribution in [0.3, 0.4) is 0 Å². The number of halogens is 1. The summed E-state index contributed by atoms with van der Waals surface area (Å²) >= 11 is 5.66. The monoisotopic (exact) mass is 326 g/mol. The van der Waals surface area contributed by atoms with Gasteiger partial charge >= 0.3 is 0 Å². The van der Waals surface area contributed by atoms with Crippen molar-refractivity contribution < 1.29 is 13.2 Å². The van der Waals surface area contributed by atoms with Crippen LogP contribution >= 0.6 is 11.6 Å². The summed E-state index contributed by atoms with van der Waals surface area (Å²) in [4.78, 5) is 18.8. The molecular weight excluding hydrogens is 316 g/mol. The van der Waals surface area contributed by atoms with E-state index in [0.717, 1.165) is 6.33 Å². The van der Waals surface area contributed by atoms with Crippen LogP contribution < -0.4 is 10.0 Å². The minimum atomic E-state index is -3.81. The lowest BCUT2D eigenvalue weighted by molar-refractivity contribution is 0.0963. The normalized spacial score (nSPS) is 11.0. The zero-order chi connectivity index (χ0) is 15.5. The van der Waals surface area contributed by atoms with Gasteiger partial charge in [0.2, 0.25) is 0 Å². The summed E-state index contributed by atoms with van der Waals surface area (Å²) in [6, 6.07) is 6.78. The molecule has 0 aliphatic heterocycles. The van der Waals surface area contributed by atoms with Crippen molar-refractivity contribution in [2.24, 2.45) is 0 Å². The predicted octanol–water partition coefficient (Wildman–Crippen LogP) is 1.29. The molecule has 0 aliphatic rings. The van der Waals surface area contributed by atoms with Gasteiger partial charge in [-0.1, -0.05) is 11.6 Å². The summed E-state index contributed by atoms with van der Waals surface area (Å²) in [7, 11) is -2.32. The number of rotatable bonds is 4. The molecule has 9 heteroatoms. The Morgan fingerprint density at radius 2 is 1.86 bits per heavy atom. The van der Waals surface area contributed by atoms with Crippen molar-refractivity contribution in [3.63, 3.8) is 0 Å². The fourth-order valence-corrected chi connectivity index (χ4v) is 2.66. The van der Waals surface area contributed by atoms with Gasteiger partial charge in [0.1, 0.15) is 17.3 Å². The van der Waals surface area contributed by atoms with E-state index < -0.39 is 10.0 Å². The zero-order valence-electron chi connectivity index (χ0n) is 10.9. The van der Waals surface area contributed by atoms with Gasteiger partial charge in [-0.15, -0.1) is 0 Å². The standard InChI is InChI=1S/C12H11ClN4O3S/c1-14-12(18)8-2-4-9(5-3-8)21(19,20)17-11-6-10(13)15-7-16-11/h2-7H,1H3,(H,14,18)(H,15,16,17). The SMILES string of the molecule is CNC(=O)c1ccc(S(=O)(=O)Nc2cc(Cl)ncn2)cc1. The molecule has 0 saturated carbocycles. The highest BCUT2D eigenvalue weighted by atomic mass is 35.5. The Kier molecular flexibility index (Phi) is 4.39. The Morgan fingerprint density at radius 1 is 1.19 bits per heavy atom. The average Bonchev–Trinajstić information content (AvgIpc) is 2.46. The van der Waals surface area contributed by atoms with E-state index in [2.05, 4.69) is 20.0 Å². The Bertz CT molecular complexity index is 762. The van der Waals surface area contributed by atoms with Crippen LogP contribution in [0.1, 0.15) is 10.4 Å². The largest absolute Gasteiger partial charge is 0.355 e. The third-order valence-corrected chi connectivity index (χ3v) is 4.10. The van der Waals surface area contributed by atoms with Crippen LogP contribution in [0.2, 0.25) is 5.15 Å². The number of hydrogen-bond acceptors (Lipinski definition) is 5. The maximum Gasteiger partial charge on any atom is 0.263 e. The van der Waals surface area contributed by atoms with Crippen molar-refractivity contribution in [2.45, 2.75) is 4.90 Å². The predicted molar refractivity (Wildman–Crippen MR) is 77.7 cm³/mol. The lowest BCUT2D eigenvalue weighted by atomic mass is 10.2. The Hall–Kier alpha value is -2.19. The zero-order valence-corrected chi connectivity index (χ0v) is 12.4. The van der Waals surface area contributed by atoms with E-state index in [0.29, 0.717) is 5.56 Å². The van der Waals surface area contributed by atoms with Gasteiger partial charge in [0.05, 0.1) is 4.90 Å². The van der Waals surface area contributed by atoms with Crippen molar-refractivity contribution in [1.29, 1.82) is 0 Å². The van der Waals surface area contributed by atoms with Crippen LogP contribution in [0.5, 0.6) is 0 Å². The number of nitrogens with zero attached hydrogens (tertiary/aromatic N) is 2. The summed E-state index contributed by atoms with van der Waals surface area (Å²) in [6.07, 6.45) is 1.15. The second-order valence-corrected chi connectivity index (χ2v) is 6.00. The number of amides is 1. The van der Waals surface area contributed by atoms with Crippen molar-refractivity contribution in [3.05, 3.63) is 47.4 Å². The summed E-state index contributed by atoms with van der Waals surface area (Å²) in [5.74, 6) is -0.236. The van der Waals surface area contributed by atoms with Crippen LogP contribution in [-0.4, -0.2) is 31.3 Å². The van der Waals surface area contributed by atoms with Gasteiger partial charge in [0.15, 0.2) is 0 Å². The highest BCUT2D eigenvalue weighted by Crippen LogP contribution is 2.16. The first-order valence-electron chi connectivity index (χ1n) is 5.75. The van der Waals surface area contributed by atoms with Gasteiger partial charge in [-0.25, -0.2) is 18.4 Å².